The molecule has 0 saturated carbocycles. The third kappa shape index (κ3) is 2.90. The van der Waals surface area contributed by atoms with Gasteiger partial charge in [0.25, 0.3) is 5.91 Å². The van der Waals surface area contributed by atoms with Gasteiger partial charge in [-0.05, 0) is 25.1 Å². The zero-order valence-corrected chi connectivity index (χ0v) is 12.1. The van der Waals surface area contributed by atoms with Crippen molar-refractivity contribution in [3.63, 3.8) is 0 Å². The van der Waals surface area contributed by atoms with E-state index < -0.39 is 0 Å². The zero-order chi connectivity index (χ0) is 14.8. The number of nitrogens with one attached hydrogen (secondary N) is 2. The molecule has 6 nitrogen and oxygen atoms in total. The van der Waals surface area contributed by atoms with Crippen LogP contribution in [0.2, 0.25) is 0 Å². The van der Waals surface area contributed by atoms with Crippen molar-refractivity contribution in [2.24, 2.45) is 7.05 Å². The Kier molecular flexibility index (Phi) is 3.62. The smallest absolute Gasteiger partial charge is 0.259 e. The van der Waals surface area contributed by atoms with Gasteiger partial charge in [-0.25, -0.2) is 0 Å². The Balaban J connectivity index is 1.80. The number of nitrogens with zero attached hydrogens (tertiary/aromatic N) is 2. The Bertz CT molecular complexity index is 678. The molecule has 21 heavy (non-hydrogen) atoms. The molecular weight excluding hydrogens is 268 g/mol. The number of aryl methyl sites for hydroxylation is 2. The molecule has 1 aromatic carbocycles. The summed E-state index contributed by atoms with van der Waals surface area (Å²) >= 11 is 0. The van der Waals surface area contributed by atoms with Crippen LogP contribution in [0.15, 0.2) is 24.4 Å². The van der Waals surface area contributed by atoms with E-state index >= 15 is 0 Å². The molecule has 1 aliphatic heterocycles. The molecule has 0 unspecified atom stereocenters. The number of carbonyl (C=O) groups excluding carboxylic acids is 1. The van der Waals surface area contributed by atoms with Gasteiger partial charge >= 0.3 is 0 Å². The summed E-state index contributed by atoms with van der Waals surface area (Å²) in [5.41, 5.74) is 3.11. The molecule has 0 fully saturated rings. The second kappa shape index (κ2) is 5.57. The van der Waals surface area contributed by atoms with Crippen molar-refractivity contribution < 1.29 is 9.53 Å². The Morgan fingerprint density at radius 2 is 2.33 bits per heavy atom. The summed E-state index contributed by atoms with van der Waals surface area (Å²) < 4.78 is 7.26. The zero-order valence-electron chi connectivity index (χ0n) is 12.1. The molecule has 0 aliphatic carbocycles. The summed E-state index contributed by atoms with van der Waals surface area (Å²) in [6.45, 7) is 4.05. The minimum atomic E-state index is -0.150. The first kappa shape index (κ1) is 13.6. The van der Waals surface area contributed by atoms with Crippen LogP contribution in [0.3, 0.4) is 0 Å². The molecule has 3 rings (SSSR count). The van der Waals surface area contributed by atoms with Crippen molar-refractivity contribution >= 4 is 11.6 Å². The maximum absolute atomic E-state index is 12.3. The highest BCUT2D eigenvalue weighted by Crippen LogP contribution is 2.24. The Morgan fingerprint density at radius 1 is 1.48 bits per heavy atom. The number of aromatic nitrogens is 2. The van der Waals surface area contributed by atoms with Gasteiger partial charge in [-0.1, -0.05) is 0 Å². The number of ether oxygens (including phenoxy) is 1. The first-order valence-electron chi connectivity index (χ1n) is 6.91. The van der Waals surface area contributed by atoms with Gasteiger partial charge in [0.1, 0.15) is 12.4 Å². The SMILES string of the molecule is Cc1nn(C)cc1C(=O)Nc1ccc2c(c1)CNCCO2. The predicted molar refractivity (Wildman–Crippen MR) is 79.5 cm³/mol. The van der Waals surface area contributed by atoms with E-state index in [0.29, 0.717) is 12.2 Å². The van der Waals surface area contributed by atoms with Gasteiger partial charge in [-0.2, -0.15) is 5.10 Å². The number of fused-ring (bicyclic) bond motifs is 1. The van der Waals surface area contributed by atoms with E-state index in [0.717, 1.165) is 35.8 Å². The van der Waals surface area contributed by atoms with Gasteiger partial charge < -0.3 is 15.4 Å². The second-order valence-corrected chi connectivity index (χ2v) is 5.10. The fraction of sp³-hybridized carbons (Fsp3) is 0.333. The van der Waals surface area contributed by atoms with Gasteiger partial charge in [0.2, 0.25) is 0 Å². The Morgan fingerprint density at radius 3 is 3.10 bits per heavy atom. The first-order valence-corrected chi connectivity index (χ1v) is 6.91. The minimum absolute atomic E-state index is 0.150. The van der Waals surface area contributed by atoms with E-state index in [4.69, 9.17) is 4.74 Å². The van der Waals surface area contributed by atoms with E-state index in [1.54, 1.807) is 17.9 Å². The van der Waals surface area contributed by atoms with Gasteiger partial charge in [0.05, 0.1) is 11.3 Å². The van der Waals surface area contributed by atoms with Crippen LogP contribution < -0.4 is 15.4 Å². The van der Waals surface area contributed by atoms with Gasteiger partial charge in [0, 0.05) is 37.6 Å². The van der Waals surface area contributed by atoms with Crippen molar-refractivity contribution in [3.8, 4) is 5.75 Å². The summed E-state index contributed by atoms with van der Waals surface area (Å²) in [5, 5.41) is 10.4. The fourth-order valence-corrected chi connectivity index (χ4v) is 2.41. The average Bonchev–Trinajstić information content (AvgIpc) is 2.66. The maximum atomic E-state index is 12.3. The number of hydrogen-bond acceptors (Lipinski definition) is 4. The van der Waals surface area contributed by atoms with Crippen molar-refractivity contribution in [2.75, 3.05) is 18.5 Å². The second-order valence-electron chi connectivity index (χ2n) is 5.10. The molecule has 6 heteroatoms. The van der Waals surface area contributed by atoms with E-state index in [1.807, 2.05) is 25.1 Å². The molecule has 2 N–H and O–H groups in total. The summed E-state index contributed by atoms with van der Waals surface area (Å²) in [7, 11) is 1.80. The van der Waals surface area contributed by atoms with E-state index in [-0.39, 0.29) is 5.91 Å². The molecular formula is C15H18N4O2. The number of anilines is 1. The summed E-state index contributed by atoms with van der Waals surface area (Å²) in [6.07, 6.45) is 1.72. The molecule has 1 aliphatic rings. The van der Waals surface area contributed by atoms with Crippen molar-refractivity contribution in [2.45, 2.75) is 13.5 Å². The van der Waals surface area contributed by atoms with Gasteiger partial charge in [-0.3, -0.25) is 9.48 Å². The van der Waals surface area contributed by atoms with Crippen LogP contribution in [0.1, 0.15) is 21.6 Å². The Hall–Kier alpha value is -2.34. The summed E-state index contributed by atoms with van der Waals surface area (Å²) in [4.78, 5) is 12.3. The fourth-order valence-electron chi connectivity index (χ4n) is 2.41. The third-order valence-electron chi connectivity index (χ3n) is 3.43. The molecule has 0 radical (unpaired) electrons. The topological polar surface area (TPSA) is 68.2 Å². The number of amides is 1. The first-order chi connectivity index (χ1) is 10.1. The predicted octanol–water partition coefficient (Wildman–Crippen LogP) is 1.46. The normalized spacial score (nSPS) is 14.0. The van der Waals surface area contributed by atoms with Crippen LogP contribution in [0, 0.1) is 6.92 Å². The number of benzene rings is 1. The third-order valence-corrected chi connectivity index (χ3v) is 3.43. The van der Waals surface area contributed by atoms with Gasteiger partial charge in [-0.15, -0.1) is 0 Å². The molecule has 0 bridgehead atoms. The molecule has 1 aromatic heterocycles. The highest BCUT2D eigenvalue weighted by atomic mass is 16.5. The van der Waals surface area contributed by atoms with Crippen LogP contribution in [-0.4, -0.2) is 28.8 Å². The Labute approximate surface area is 123 Å². The van der Waals surface area contributed by atoms with Crippen LogP contribution in [0.25, 0.3) is 0 Å². The molecule has 1 amide bonds. The molecule has 0 atom stereocenters. The highest BCUT2D eigenvalue weighted by Gasteiger charge is 2.14. The van der Waals surface area contributed by atoms with E-state index in [9.17, 15) is 4.79 Å². The monoisotopic (exact) mass is 286 g/mol. The standard InChI is InChI=1S/C15H18N4O2/c1-10-13(9-19(2)18-10)15(20)17-12-3-4-14-11(7-12)8-16-5-6-21-14/h3-4,7,9,16H,5-6,8H2,1-2H3,(H,17,20). The van der Waals surface area contributed by atoms with E-state index in [2.05, 4.69) is 15.7 Å². The van der Waals surface area contributed by atoms with Crippen molar-refractivity contribution in [1.82, 2.24) is 15.1 Å². The number of carbonyl (C=O) groups is 1. The average molecular weight is 286 g/mol. The van der Waals surface area contributed by atoms with Gasteiger partial charge in [0.15, 0.2) is 0 Å². The quantitative estimate of drug-likeness (QED) is 0.877. The summed E-state index contributed by atoms with van der Waals surface area (Å²) in [5.74, 6) is 0.721. The lowest BCUT2D eigenvalue weighted by Gasteiger charge is -2.10. The van der Waals surface area contributed by atoms with Crippen LogP contribution >= 0.6 is 0 Å². The number of rotatable bonds is 2. The molecule has 2 heterocycles. The summed E-state index contributed by atoms with van der Waals surface area (Å²) in [6, 6.07) is 5.69. The van der Waals surface area contributed by atoms with E-state index in [1.165, 1.54) is 0 Å². The lowest BCUT2D eigenvalue weighted by atomic mass is 10.1. The largest absolute Gasteiger partial charge is 0.492 e. The molecule has 0 spiro atoms. The van der Waals surface area contributed by atoms with Crippen molar-refractivity contribution in [3.05, 3.63) is 41.2 Å². The molecule has 0 saturated heterocycles. The maximum Gasteiger partial charge on any atom is 0.259 e. The highest BCUT2D eigenvalue weighted by molar-refractivity contribution is 6.04. The van der Waals surface area contributed by atoms with Crippen LogP contribution in [-0.2, 0) is 13.6 Å². The molecule has 2 aromatic rings. The lowest BCUT2D eigenvalue weighted by Crippen LogP contribution is -2.16. The lowest BCUT2D eigenvalue weighted by molar-refractivity contribution is 0.102. The van der Waals surface area contributed by atoms with Crippen molar-refractivity contribution in [1.29, 1.82) is 0 Å². The molecule has 110 valence electrons. The number of hydrogen-bond donors (Lipinski definition) is 2. The van der Waals surface area contributed by atoms with Crippen LogP contribution in [0.4, 0.5) is 5.69 Å². The minimum Gasteiger partial charge on any atom is -0.492 e. The van der Waals surface area contributed by atoms with Crippen LogP contribution in [0.5, 0.6) is 5.75 Å².